The lowest BCUT2D eigenvalue weighted by atomic mass is 10.2. The average molecular weight is 288 g/mol. The van der Waals surface area contributed by atoms with Crippen molar-refractivity contribution in [3.63, 3.8) is 0 Å². The molecule has 1 unspecified atom stereocenters. The summed E-state index contributed by atoms with van der Waals surface area (Å²) in [5, 5.41) is 6.87. The number of nitrogens with zero attached hydrogens (tertiary/aromatic N) is 1. The van der Waals surface area contributed by atoms with Gasteiger partial charge in [-0.2, -0.15) is 0 Å². The number of benzene rings is 1. The van der Waals surface area contributed by atoms with E-state index < -0.39 is 0 Å². The molecule has 4 heteroatoms. The molecule has 0 saturated heterocycles. The van der Waals surface area contributed by atoms with E-state index in [4.69, 9.17) is 4.98 Å². The summed E-state index contributed by atoms with van der Waals surface area (Å²) < 4.78 is 1.26. The maximum absolute atomic E-state index is 4.69. The van der Waals surface area contributed by atoms with Gasteiger partial charge in [0.25, 0.3) is 0 Å². The van der Waals surface area contributed by atoms with Crippen LogP contribution in [0.15, 0.2) is 35.7 Å². The number of thiophene rings is 1. The number of rotatable bonds is 4. The summed E-state index contributed by atoms with van der Waals surface area (Å²) >= 11 is 3.59. The van der Waals surface area contributed by atoms with E-state index in [0.717, 1.165) is 17.1 Å². The second kappa shape index (κ2) is 5.41. The van der Waals surface area contributed by atoms with Crippen LogP contribution >= 0.6 is 22.7 Å². The van der Waals surface area contributed by atoms with Gasteiger partial charge in [0.1, 0.15) is 5.01 Å². The first kappa shape index (κ1) is 12.8. The first-order valence-electron chi connectivity index (χ1n) is 6.36. The Morgan fingerprint density at radius 3 is 2.84 bits per heavy atom. The second-order valence-corrected chi connectivity index (χ2v) is 6.71. The topological polar surface area (TPSA) is 24.9 Å². The highest BCUT2D eigenvalue weighted by atomic mass is 32.1. The van der Waals surface area contributed by atoms with Crippen molar-refractivity contribution < 1.29 is 0 Å². The third-order valence-electron chi connectivity index (χ3n) is 3.22. The highest BCUT2D eigenvalue weighted by Crippen LogP contribution is 2.26. The molecule has 2 nitrogen and oxygen atoms in total. The summed E-state index contributed by atoms with van der Waals surface area (Å²) in [6, 6.07) is 10.8. The van der Waals surface area contributed by atoms with E-state index in [1.807, 2.05) is 17.4 Å². The molecular weight excluding hydrogens is 272 g/mol. The number of nitrogens with one attached hydrogen (secondary N) is 1. The highest BCUT2D eigenvalue weighted by Gasteiger charge is 2.11. The first-order chi connectivity index (χ1) is 9.24. The fourth-order valence-corrected chi connectivity index (χ4v) is 3.84. The van der Waals surface area contributed by atoms with Gasteiger partial charge in [0.15, 0.2) is 0 Å². The standard InChI is InChI=1S/C15H16N2S2/c1-10-7-8-18-14(10)9-16-11(2)15-17-12-5-3-4-6-13(12)19-15/h3-8,11,16H,9H2,1-2H3. The molecule has 3 rings (SSSR count). The molecule has 3 aromatic rings. The molecule has 0 fully saturated rings. The third-order valence-corrected chi connectivity index (χ3v) is 5.46. The summed E-state index contributed by atoms with van der Waals surface area (Å²) in [4.78, 5) is 6.10. The quantitative estimate of drug-likeness (QED) is 0.763. The van der Waals surface area contributed by atoms with Gasteiger partial charge in [0, 0.05) is 11.4 Å². The Hall–Kier alpha value is -1.23. The molecule has 2 heterocycles. The van der Waals surface area contributed by atoms with E-state index in [1.165, 1.54) is 15.1 Å². The molecule has 0 aliphatic heterocycles. The summed E-state index contributed by atoms with van der Waals surface area (Å²) in [5.41, 5.74) is 2.47. The van der Waals surface area contributed by atoms with Crippen molar-refractivity contribution >= 4 is 32.9 Å². The Morgan fingerprint density at radius 1 is 1.26 bits per heavy atom. The Kier molecular flexibility index (Phi) is 3.64. The zero-order chi connectivity index (χ0) is 13.2. The van der Waals surface area contributed by atoms with Crippen molar-refractivity contribution in [2.24, 2.45) is 0 Å². The minimum Gasteiger partial charge on any atom is -0.303 e. The van der Waals surface area contributed by atoms with Crippen molar-refractivity contribution in [3.8, 4) is 0 Å². The molecule has 19 heavy (non-hydrogen) atoms. The largest absolute Gasteiger partial charge is 0.303 e. The van der Waals surface area contributed by atoms with Crippen molar-refractivity contribution in [1.29, 1.82) is 0 Å². The maximum atomic E-state index is 4.69. The normalized spacial score (nSPS) is 12.9. The summed E-state index contributed by atoms with van der Waals surface area (Å²) in [5.74, 6) is 0. The minimum atomic E-state index is 0.291. The van der Waals surface area contributed by atoms with E-state index in [-0.39, 0.29) is 0 Å². The Labute approximate surface area is 121 Å². The van der Waals surface area contributed by atoms with E-state index in [0.29, 0.717) is 6.04 Å². The summed E-state index contributed by atoms with van der Waals surface area (Å²) in [7, 11) is 0. The van der Waals surface area contributed by atoms with E-state index in [2.05, 4.69) is 48.8 Å². The van der Waals surface area contributed by atoms with Crippen LogP contribution in [0.2, 0.25) is 0 Å². The zero-order valence-corrected chi connectivity index (χ0v) is 12.6. The van der Waals surface area contributed by atoms with E-state index in [1.54, 1.807) is 11.3 Å². The summed E-state index contributed by atoms with van der Waals surface area (Å²) in [6.45, 7) is 5.26. The van der Waals surface area contributed by atoms with Crippen LogP contribution < -0.4 is 5.32 Å². The fraction of sp³-hybridized carbons (Fsp3) is 0.267. The number of hydrogen-bond acceptors (Lipinski definition) is 4. The van der Waals surface area contributed by atoms with Gasteiger partial charge in [0.2, 0.25) is 0 Å². The molecule has 0 saturated carbocycles. The lowest BCUT2D eigenvalue weighted by molar-refractivity contribution is 0.576. The SMILES string of the molecule is Cc1ccsc1CNC(C)c1nc2ccccc2s1. The lowest BCUT2D eigenvalue weighted by Gasteiger charge is -2.10. The van der Waals surface area contributed by atoms with Gasteiger partial charge in [-0.3, -0.25) is 0 Å². The second-order valence-electron chi connectivity index (χ2n) is 4.65. The molecule has 0 radical (unpaired) electrons. The molecule has 0 bridgehead atoms. The van der Waals surface area contributed by atoms with Gasteiger partial charge in [-0.25, -0.2) is 4.98 Å². The van der Waals surface area contributed by atoms with Gasteiger partial charge < -0.3 is 5.32 Å². The van der Waals surface area contributed by atoms with Crippen LogP contribution in [0.3, 0.4) is 0 Å². The van der Waals surface area contributed by atoms with Gasteiger partial charge >= 0.3 is 0 Å². The summed E-state index contributed by atoms with van der Waals surface area (Å²) in [6.07, 6.45) is 0. The molecule has 0 amide bonds. The van der Waals surface area contributed by atoms with Crippen LogP contribution in [0.25, 0.3) is 10.2 Å². The lowest BCUT2D eigenvalue weighted by Crippen LogP contribution is -2.17. The monoisotopic (exact) mass is 288 g/mol. The first-order valence-corrected chi connectivity index (χ1v) is 8.05. The third kappa shape index (κ3) is 2.71. The number of para-hydroxylation sites is 1. The van der Waals surface area contributed by atoms with Crippen molar-refractivity contribution in [1.82, 2.24) is 10.3 Å². The maximum Gasteiger partial charge on any atom is 0.111 e. The van der Waals surface area contributed by atoms with Gasteiger partial charge in [-0.1, -0.05) is 12.1 Å². The molecule has 0 aliphatic carbocycles. The van der Waals surface area contributed by atoms with E-state index >= 15 is 0 Å². The molecule has 0 aliphatic rings. The van der Waals surface area contributed by atoms with Crippen LogP contribution in [-0.4, -0.2) is 4.98 Å². The van der Waals surface area contributed by atoms with Crippen molar-refractivity contribution in [2.45, 2.75) is 26.4 Å². The molecule has 1 aromatic carbocycles. The van der Waals surface area contributed by atoms with Crippen LogP contribution in [0.5, 0.6) is 0 Å². The molecule has 1 N–H and O–H groups in total. The number of hydrogen-bond donors (Lipinski definition) is 1. The molecule has 98 valence electrons. The Balaban J connectivity index is 1.73. The number of thiazole rings is 1. The minimum absolute atomic E-state index is 0.291. The molecule has 2 aromatic heterocycles. The van der Waals surface area contributed by atoms with Crippen LogP contribution in [0, 0.1) is 6.92 Å². The molecule has 1 atom stereocenters. The highest BCUT2D eigenvalue weighted by molar-refractivity contribution is 7.18. The number of fused-ring (bicyclic) bond motifs is 1. The predicted octanol–water partition coefficient (Wildman–Crippen LogP) is 4.52. The van der Waals surface area contributed by atoms with Crippen LogP contribution in [0.4, 0.5) is 0 Å². The predicted molar refractivity (Wildman–Crippen MR) is 83.9 cm³/mol. The van der Waals surface area contributed by atoms with Crippen molar-refractivity contribution in [3.05, 3.63) is 51.2 Å². The average Bonchev–Trinajstić information content (AvgIpc) is 3.01. The molecular formula is C15H16N2S2. The van der Waals surface area contributed by atoms with Crippen LogP contribution in [0.1, 0.15) is 28.4 Å². The van der Waals surface area contributed by atoms with Crippen LogP contribution in [-0.2, 0) is 6.54 Å². The fourth-order valence-electron chi connectivity index (χ4n) is 1.99. The zero-order valence-electron chi connectivity index (χ0n) is 11.0. The van der Waals surface area contributed by atoms with Gasteiger partial charge in [-0.05, 0) is 43.0 Å². The molecule has 0 spiro atoms. The Morgan fingerprint density at radius 2 is 2.11 bits per heavy atom. The van der Waals surface area contributed by atoms with Gasteiger partial charge in [0.05, 0.1) is 16.3 Å². The van der Waals surface area contributed by atoms with Gasteiger partial charge in [-0.15, -0.1) is 22.7 Å². The van der Waals surface area contributed by atoms with Crippen molar-refractivity contribution in [2.75, 3.05) is 0 Å². The van der Waals surface area contributed by atoms with E-state index in [9.17, 15) is 0 Å². The number of aryl methyl sites for hydroxylation is 1. The number of aromatic nitrogens is 1. The smallest absolute Gasteiger partial charge is 0.111 e. The Bertz CT molecular complexity index is 651.